The Hall–Kier alpha value is -1.30. The van der Waals surface area contributed by atoms with E-state index in [4.69, 9.17) is 10.5 Å². The third-order valence-electron chi connectivity index (χ3n) is 5.22. The first kappa shape index (κ1) is 20.0. The van der Waals surface area contributed by atoms with Gasteiger partial charge < -0.3 is 20.3 Å². The second-order valence-electron chi connectivity index (χ2n) is 8.45. The van der Waals surface area contributed by atoms with E-state index in [9.17, 15) is 9.59 Å². The third-order valence-corrected chi connectivity index (χ3v) is 5.22. The van der Waals surface area contributed by atoms with Crippen LogP contribution in [0.25, 0.3) is 0 Å². The highest BCUT2D eigenvalue weighted by molar-refractivity contribution is 5.77. The maximum Gasteiger partial charge on any atom is 0.410 e. The summed E-state index contributed by atoms with van der Waals surface area (Å²) in [6.45, 7) is 7.46. The molecule has 1 atom stereocenters. The van der Waals surface area contributed by atoms with Crippen LogP contribution in [-0.4, -0.2) is 59.6 Å². The summed E-state index contributed by atoms with van der Waals surface area (Å²) in [7, 11) is 0. The fourth-order valence-corrected chi connectivity index (χ4v) is 3.82. The summed E-state index contributed by atoms with van der Waals surface area (Å²) < 4.78 is 5.44. The van der Waals surface area contributed by atoms with Crippen LogP contribution in [0.1, 0.15) is 65.7 Å². The number of carbonyl (C=O) groups is 2. The Bertz CT molecular complexity index is 455. The molecule has 2 aliphatic rings. The molecular formula is C19H35N3O3. The summed E-state index contributed by atoms with van der Waals surface area (Å²) in [5, 5.41) is 0. The van der Waals surface area contributed by atoms with Crippen LogP contribution in [0.15, 0.2) is 0 Å². The molecule has 144 valence electrons. The first-order valence-electron chi connectivity index (χ1n) is 9.77. The van der Waals surface area contributed by atoms with Crippen molar-refractivity contribution in [2.75, 3.05) is 26.2 Å². The monoisotopic (exact) mass is 353 g/mol. The number of nitrogens with zero attached hydrogens (tertiary/aromatic N) is 2. The van der Waals surface area contributed by atoms with E-state index in [1.54, 1.807) is 4.90 Å². The van der Waals surface area contributed by atoms with Gasteiger partial charge in [-0.3, -0.25) is 4.79 Å². The molecule has 0 aromatic carbocycles. The number of piperazine rings is 1. The molecule has 0 radical (unpaired) electrons. The summed E-state index contributed by atoms with van der Waals surface area (Å²) in [4.78, 5) is 28.4. The van der Waals surface area contributed by atoms with Gasteiger partial charge in [-0.1, -0.05) is 32.1 Å². The standard InChI is InChI=1S/C19H35N3O3/c1-19(2,3)25-18(24)21-11-12-22(16(13-20)14-21)17(23)10-9-15-7-5-4-6-8-15/h15-16H,4-14,20H2,1-3H3. The quantitative estimate of drug-likeness (QED) is 0.843. The lowest BCUT2D eigenvalue weighted by molar-refractivity contribution is -0.136. The maximum atomic E-state index is 12.7. The summed E-state index contributed by atoms with van der Waals surface area (Å²) in [6.07, 6.45) is 7.75. The first-order valence-corrected chi connectivity index (χ1v) is 9.77. The van der Waals surface area contributed by atoms with Crippen LogP contribution in [0.4, 0.5) is 4.79 Å². The van der Waals surface area contributed by atoms with Gasteiger partial charge in [0.2, 0.25) is 5.91 Å². The normalized spacial score (nSPS) is 22.8. The van der Waals surface area contributed by atoms with Gasteiger partial charge in [-0.15, -0.1) is 0 Å². The average molecular weight is 354 g/mol. The molecule has 0 aromatic rings. The number of hydrogen-bond donors (Lipinski definition) is 1. The van der Waals surface area contributed by atoms with E-state index in [-0.39, 0.29) is 18.0 Å². The highest BCUT2D eigenvalue weighted by Crippen LogP contribution is 2.28. The number of hydrogen-bond acceptors (Lipinski definition) is 4. The molecule has 2 N–H and O–H groups in total. The summed E-state index contributed by atoms with van der Waals surface area (Å²) >= 11 is 0. The van der Waals surface area contributed by atoms with Gasteiger partial charge in [-0.05, 0) is 33.1 Å². The number of carbonyl (C=O) groups excluding carboxylic acids is 2. The Morgan fingerprint density at radius 2 is 1.80 bits per heavy atom. The van der Waals surface area contributed by atoms with E-state index < -0.39 is 5.60 Å². The van der Waals surface area contributed by atoms with Gasteiger partial charge >= 0.3 is 6.09 Å². The molecule has 0 bridgehead atoms. The van der Waals surface area contributed by atoms with Crippen molar-refractivity contribution in [3.05, 3.63) is 0 Å². The lowest BCUT2D eigenvalue weighted by Crippen LogP contribution is -2.59. The highest BCUT2D eigenvalue weighted by Gasteiger charge is 2.33. The molecule has 1 saturated carbocycles. The first-order chi connectivity index (χ1) is 11.8. The molecule has 2 amide bonds. The van der Waals surface area contributed by atoms with Gasteiger partial charge in [0.15, 0.2) is 0 Å². The minimum atomic E-state index is -0.512. The van der Waals surface area contributed by atoms with E-state index in [1.807, 2.05) is 25.7 Å². The molecular weight excluding hydrogens is 318 g/mol. The van der Waals surface area contributed by atoms with Gasteiger partial charge in [0, 0.05) is 32.6 Å². The van der Waals surface area contributed by atoms with Crippen molar-refractivity contribution in [3.63, 3.8) is 0 Å². The third kappa shape index (κ3) is 6.17. The van der Waals surface area contributed by atoms with Gasteiger partial charge in [0.05, 0.1) is 6.04 Å². The van der Waals surface area contributed by atoms with Crippen molar-refractivity contribution in [1.29, 1.82) is 0 Å². The molecule has 2 fully saturated rings. The molecule has 6 nitrogen and oxygen atoms in total. The van der Waals surface area contributed by atoms with E-state index in [1.165, 1.54) is 32.1 Å². The fourth-order valence-electron chi connectivity index (χ4n) is 3.82. The van der Waals surface area contributed by atoms with Crippen LogP contribution >= 0.6 is 0 Å². The summed E-state index contributed by atoms with van der Waals surface area (Å²) in [5.74, 6) is 0.891. The lowest BCUT2D eigenvalue weighted by atomic mass is 9.86. The topological polar surface area (TPSA) is 75.9 Å². The number of nitrogens with two attached hydrogens (primary N) is 1. The number of amides is 2. The van der Waals surface area contributed by atoms with E-state index in [0.29, 0.717) is 38.5 Å². The van der Waals surface area contributed by atoms with Crippen molar-refractivity contribution in [2.45, 2.75) is 77.4 Å². The van der Waals surface area contributed by atoms with Crippen molar-refractivity contribution in [2.24, 2.45) is 11.7 Å². The number of rotatable bonds is 4. The lowest BCUT2D eigenvalue weighted by Gasteiger charge is -2.41. The molecule has 6 heteroatoms. The maximum absolute atomic E-state index is 12.7. The predicted octanol–water partition coefficient (Wildman–Crippen LogP) is 2.75. The zero-order valence-corrected chi connectivity index (χ0v) is 16.1. The molecule has 1 aliphatic heterocycles. The van der Waals surface area contributed by atoms with Gasteiger partial charge in [-0.25, -0.2) is 4.79 Å². The summed E-state index contributed by atoms with van der Waals surface area (Å²) in [6, 6.07) is -0.111. The molecule has 1 unspecified atom stereocenters. The van der Waals surface area contributed by atoms with Crippen LogP contribution < -0.4 is 5.73 Å². The smallest absolute Gasteiger partial charge is 0.410 e. The molecule has 25 heavy (non-hydrogen) atoms. The Morgan fingerprint density at radius 3 is 2.40 bits per heavy atom. The fraction of sp³-hybridized carbons (Fsp3) is 0.895. The van der Waals surface area contributed by atoms with Crippen molar-refractivity contribution in [3.8, 4) is 0 Å². The van der Waals surface area contributed by atoms with E-state index in [0.717, 1.165) is 6.42 Å². The molecule has 0 aromatic heterocycles. The molecule has 0 spiro atoms. The molecule has 2 rings (SSSR count). The van der Waals surface area contributed by atoms with Crippen molar-refractivity contribution in [1.82, 2.24) is 9.80 Å². The molecule has 1 heterocycles. The van der Waals surface area contributed by atoms with Crippen LogP contribution in [0.2, 0.25) is 0 Å². The largest absolute Gasteiger partial charge is 0.444 e. The van der Waals surface area contributed by atoms with Crippen LogP contribution in [-0.2, 0) is 9.53 Å². The summed E-state index contributed by atoms with van der Waals surface area (Å²) in [5.41, 5.74) is 5.38. The SMILES string of the molecule is CC(C)(C)OC(=O)N1CCN(C(=O)CCC2CCCCC2)C(CN)C1. The Morgan fingerprint density at radius 1 is 1.12 bits per heavy atom. The van der Waals surface area contributed by atoms with E-state index >= 15 is 0 Å². The zero-order valence-electron chi connectivity index (χ0n) is 16.1. The second kappa shape index (κ2) is 8.88. The molecule has 1 saturated heterocycles. The average Bonchev–Trinajstić information content (AvgIpc) is 2.58. The minimum Gasteiger partial charge on any atom is -0.444 e. The Balaban J connectivity index is 1.83. The Kier molecular flexibility index (Phi) is 7.11. The molecule has 1 aliphatic carbocycles. The zero-order chi connectivity index (χ0) is 18.4. The van der Waals surface area contributed by atoms with E-state index in [2.05, 4.69) is 0 Å². The second-order valence-corrected chi connectivity index (χ2v) is 8.45. The van der Waals surface area contributed by atoms with Gasteiger partial charge in [-0.2, -0.15) is 0 Å². The van der Waals surface area contributed by atoms with Crippen LogP contribution in [0.3, 0.4) is 0 Å². The van der Waals surface area contributed by atoms with Crippen molar-refractivity contribution < 1.29 is 14.3 Å². The van der Waals surface area contributed by atoms with Crippen LogP contribution in [0, 0.1) is 5.92 Å². The number of ether oxygens (including phenoxy) is 1. The Labute approximate surface area is 152 Å². The predicted molar refractivity (Wildman–Crippen MR) is 98.2 cm³/mol. The van der Waals surface area contributed by atoms with Gasteiger partial charge in [0.1, 0.15) is 5.60 Å². The highest BCUT2D eigenvalue weighted by atomic mass is 16.6. The van der Waals surface area contributed by atoms with Crippen molar-refractivity contribution >= 4 is 12.0 Å². The van der Waals surface area contributed by atoms with Crippen LogP contribution in [0.5, 0.6) is 0 Å². The van der Waals surface area contributed by atoms with Gasteiger partial charge in [0.25, 0.3) is 0 Å². The minimum absolute atomic E-state index is 0.111.